The summed E-state index contributed by atoms with van der Waals surface area (Å²) in [5, 5.41) is 8.44. The first-order valence-corrected chi connectivity index (χ1v) is 10.6. The fourth-order valence-corrected chi connectivity index (χ4v) is 3.75. The van der Waals surface area contributed by atoms with E-state index in [-0.39, 0.29) is 17.4 Å². The van der Waals surface area contributed by atoms with Crippen molar-refractivity contribution in [3.63, 3.8) is 0 Å². The molecule has 0 unspecified atom stereocenters. The molecular formula is C24H29N5O2. The average molecular weight is 420 g/mol. The fourth-order valence-electron chi connectivity index (χ4n) is 3.75. The summed E-state index contributed by atoms with van der Waals surface area (Å²) in [5.41, 5.74) is 3.66. The van der Waals surface area contributed by atoms with Crippen LogP contribution in [0.2, 0.25) is 0 Å². The van der Waals surface area contributed by atoms with Crippen molar-refractivity contribution in [2.45, 2.75) is 52.0 Å². The Bertz CT molecular complexity index is 1180. The Hall–Kier alpha value is -3.22. The zero-order valence-corrected chi connectivity index (χ0v) is 19.0. The number of pyridine rings is 1. The molecule has 2 heterocycles. The van der Waals surface area contributed by atoms with Crippen LogP contribution in [0.4, 0.5) is 5.69 Å². The molecule has 31 heavy (non-hydrogen) atoms. The molecule has 1 N–H and O–H groups in total. The molecule has 2 amide bonds. The first-order chi connectivity index (χ1) is 14.6. The molecule has 0 aliphatic heterocycles. The summed E-state index contributed by atoms with van der Waals surface area (Å²) in [7, 11) is 3.39. The molecule has 0 saturated heterocycles. The van der Waals surface area contributed by atoms with Gasteiger partial charge in [0.25, 0.3) is 11.8 Å². The highest BCUT2D eigenvalue weighted by molar-refractivity contribution is 6.14. The van der Waals surface area contributed by atoms with Crippen LogP contribution in [-0.4, -0.2) is 45.6 Å². The quantitative estimate of drug-likeness (QED) is 0.683. The Kier molecular flexibility index (Phi) is 5.07. The lowest BCUT2D eigenvalue weighted by Crippen LogP contribution is -2.24. The number of hydrogen-bond donors (Lipinski definition) is 1. The second-order valence-corrected chi connectivity index (χ2v) is 9.43. The maximum absolute atomic E-state index is 13.5. The zero-order valence-electron chi connectivity index (χ0n) is 19.0. The van der Waals surface area contributed by atoms with Crippen LogP contribution < -0.4 is 5.32 Å². The van der Waals surface area contributed by atoms with E-state index in [1.807, 2.05) is 23.7 Å². The minimum Gasteiger partial charge on any atom is -0.345 e. The summed E-state index contributed by atoms with van der Waals surface area (Å²) in [6.07, 6.45) is 2.17. The van der Waals surface area contributed by atoms with E-state index in [1.54, 1.807) is 32.3 Å². The smallest absolute Gasteiger partial charge is 0.256 e. The van der Waals surface area contributed by atoms with Gasteiger partial charge in [-0.25, -0.2) is 9.67 Å². The van der Waals surface area contributed by atoms with Crippen molar-refractivity contribution in [1.29, 1.82) is 0 Å². The van der Waals surface area contributed by atoms with Crippen LogP contribution in [0.25, 0.3) is 11.0 Å². The third-order valence-electron chi connectivity index (χ3n) is 5.52. The van der Waals surface area contributed by atoms with Gasteiger partial charge in [0, 0.05) is 25.7 Å². The van der Waals surface area contributed by atoms with E-state index >= 15 is 0 Å². The van der Waals surface area contributed by atoms with Crippen molar-refractivity contribution in [3.05, 3.63) is 52.8 Å². The van der Waals surface area contributed by atoms with Gasteiger partial charge in [-0.15, -0.1) is 0 Å². The summed E-state index contributed by atoms with van der Waals surface area (Å²) in [5.74, 6) is -0.0294. The fraction of sp³-hybridized carbons (Fsp3) is 0.417. The van der Waals surface area contributed by atoms with Crippen molar-refractivity contribution < 1.29 is 9.59 Å². The van der Waals surface area contributed by atoms with Gasteiger partial charge >= 0.3 is 0 Å². The summed E-state index contributed by atoms with van der Waals surface area (Å²) >= 11 is 0. The highest BCUT2D eigenvalue weighted by Crippen LogP contribution is 2.41. The molecule has 1 aromatic carbocycles. The van der Waals surface area contributed by atoms with Gasteiger partial charge < -0.3 is 10.2 Å². The monoisotopic (exact) mass is 419 g/mol. The van der Waals surface area contributed by atoms with Crippen molar-refractivity contribution in [2.24, 2.45) is 0 Å². The van der Waals surface area contributed by atoms with E-state index in [1.165, 1.54) is 4.90 Å². The number of nitrogens with one attached hydrogen (secondary N) is 1. The molecular weight excluding hydrogens is 390 g/mol. The molecule has 162 valence electrons. The van der Waals surface area contributed by atoms with Crippen molar-refractivity contribution in [2.75, 3.05) is 19.4 Å². The minimum atomic E-state index is -0.264. The predicted molar refractivity (Wildman–Crippen MR) is 122 cm³/mol. The molecule has 0 bridgehead atoms. The first kappa shape index (κ1) is 21.0. The lowest BCUT2D eigenvalue weighted by atomic mass is 10.1. The zero-order chi connectivity index (χ0) is 22.5. The predicted octanol–water partition coefficient (Wildman–Crippen LogP) is 4.33. The normalized spacial score (nSPS) is 14.0. The number of nitrogens with zero attached hydrogens (tertiary/aromatic N) is 4. The number of hydrogen-bond acceptors (Lipinski definition) is 4. The Balaban J connectivity index is 1.83. The van der Waals surface area contributed by atoms with Crippen LogP contribution in [0.15, 0.2) is 30.3 Å². The molecule has 2 aromatic heterocycles. The second kappa shape index (κ2) is 7.48. The standard InChI is InChI=1S/C24H29N5O2/c1-14-20-17(22(30)26-18-10-8-7-9-16(18)23(31)28(5)6)13-19(15-11-12-15)25-21(20)29(27-14)24(2,3)4/h7-10,13,15H,11-12H2,1-6H3,(H,26,30). The molecule has 4 rings (SSSR count). The molecule has 1 fully saturated rings. The number of amides is 2. The van der Waals surface area contributed by atoms with Gasteiger partial charge in [0.1, 0.15) is 0 Å². The van der Waals surface area contributed by atoms with Gasteiger partial charge in [0.05, 0.1) is 33.4 Å². The lowest BCUT2D eigenvalue weighted by molar-refractivity contribution is 0.0828. The van der Waals surface area contributed by atoms with Gasteiger partial charge in [-0.2, -0.15) is 5.10 Å². The molecule has 1 aliphatic carbocycles. The van der Waals surface area contributed by atoms with Crippen LogP contribution in [0.1, 0.15) is 71.6 Å². The van der Waals surface area contributed by atoms with E-state index in [4.69, 9.17) is 10.1 Å². The summed E-state index contributed by atoms with van der Waals surface area (Å²) in [6, 6.07) is 8.97. The number of carbonyl (C=O) groups is 2. The maximum atomic E-state index is 13.5. The maximum Gasteiger partial charge on any atom is 0.256 e. The van der Waals surface area contributed by atoms with Gasteiger partial charge in [-0.05, 0) is 58.7 Å². The third kappa shape index (κ3) is 3.92. The number of carbonyl (C=O) groups excluding carboxylic acids is 2. The number of aromatic nitrogens is 3. The Morgan fingerprint density at radius 2 is 1.81 bits per heavy atom. The number of fused-ring (bicyclic) bond motifs is 1. The molecule has 0 atom stereocenters. The van der Waals surface area contributed by atoms with Crippen LogP contribution in [0.3, 0.4) is 0 Å². The van der Waals surface area contributed by atoms with E-state index in [9.17, 15) is 9.59 Å². The topological polar surface area (TPSA) is 80.1 Å². The lowest BCUT2D eigenvalue weighted by Gasteiger charge is -2.20. The summed E-state index contributed by atoms with van der Waals surface area (Å²) < 4.78 is 1.91. The van der Waals surface area contributed by atoms with E-state index < -0.39 is 0 Å². The Morgan fingerprint density at radius 1 is 1.13 bits per heavy atom. The Morgan fingerprint density at radius 3 is 2.42 bits per heavy atom. The minimum absolute atomic E-state index is 0.161. The molecule has 1 saturated carbocycles. The highest BCUT2D eigenvalue weighted by atomic mass is 16.2. The van der Waals surface area contributed by atoms with Gasteiger partial charge in [-0.1, -0.05) is 12.1 Å². The van der Waals surface area contributed by atoms with Crippen LogP contribution >= 0.6 is 0 Å². The second-order valence-electron chi connectivity index (χ2n) is 9.43. The third-order valence-corrected chi connectivity index (χ3v) is 5.52. The molecule has 7 nitrogen and oxygen atoms in total. The summed E-state index contributed by atoms with van der Waals surface area (Å²) in [4.78, 5) is 32.4. The van der Waals surface area contributed by atoms with Crippen LogP contribution in [-0.2, 0) is 5.54 Å². The Labute approximate surface area is 182 Å². The van der Waals surface area contributed by atoms with E-state index in [2.05, 4.69) is 26.1 Å². The molecule has 7 heteroatoms. The SMILES string of the molecule is Cc1nn(C(C)(C)C)c2nc(C3CC3)cc(C(=O)Nc3ccccc3C(=O)N(C)C)c12. The average Bonchev–Trinajstić information content (AvgIpc) is 3.50. The first-order valence-electron chi connectivity index (χ1n) is 10.6. The van der Waals surface area contributed by atoms with E-state index in [0.29, 0.717) is 22.7 Å². The van der Waals surface area contributed by atoms with E-state index in [0.717, 1.165) is 35.3 Å². The summed E-state index contributed by atoms with van der Waals surface area (Å²) in [6.45, 7) is 8.14. The van der Waals surface area contributed by atoms with Crippen molar-refractivity contribution in [3.8, 4) is 0 Å². The number of para-hydroxylation sites is 1. The number of aryl methyl sites for hydroxylation is 1. The van der Waals surface area contributed by atoms with Crippen LogP contribution in [0, 0.1) is 6.92 Å². The molecule has 0 radical (unpaired) electrons. The van der Waals surface area contributed by atoms with Gasteiger partial charge in [0.15, 0.2) is 5.65 Å². The van der Waals surface area contributed by atoms with Crippen molar-refractivity contribution >= 4 is 28.5 Å². The van der Waals surface area contributed by atoms with Gasteiger partial charge in [-0.3, -0.25) is 9.59 Å². The van der Waals surface area contributed by atoms with Gasteiger partial charge in [0.2, 0.25) is 0 Å². The number of anilines is 1. The van der Waals surface area contributed by atoms with Crippen LogP contribution in [0.5, 0.6) is 0 Å². The largest absolute Gasteiger partial charge is 0.345 e. The number of rotatable bonds is 4. The molecule has 1 aliphatic rings. The molecule has 3 aromatic rings. The van der Waals surface area contributed by atoms with Crippen molar-refractivity contribution in [1.82, 2.24) is 19.7 Å². The molecule has 0 spiro atoms. The number of benzene rings is 1. The highest BCUT2D eigenvalue weighted by Gasteiger charge is 2.30.